The second-order valence-electron chi connectivity index (χ2n) is 9.67. The van der Waals surface area contributed by atoms with Crippen molar-refractivity contribution in [2.75, 3.05) is 0 Å². The molecule has 0 radical (unpaired) electrons. The number of amides is 1. The average Bonchev–Trinajstić information content (AvgIpc) is 2.80. The van der Waals surface area contributed by atoms with Crippen LogP contribution in [0.1, 0.15) is 38.3 Å². The fourth-order valence-corrected chi connectivity index (χ4v) is 4.19. The van der Waals surface area contributed by atoms with Gasteiger partial charge in [0.25, 0.3) is 0 Å². The van der Waals surface area contributed by atoms with Crippen molar-refractivity contribution in [1.29, 1.82) is 0 Å². The molecule has 0 bridgehead atoms. The van der Waals surface area contributed by atoms with Gasteiger partial charge in [-0.2, -0.15) is 21.6 Å². The van der Waals surface area contributed by atoms with E-state index in [9.17, 15) is 36.3 Å². The van der Waals surface area contributed by atoms with E-state index in [0.717, 1.165) is 6.07 Å². The maximum absolute atomic E-state index is 12.7. The summed E-state index contributed by atoms with van der Waals surface area (Å²) >= 11 is 0. The van der Waals surface area contributed by atoms with Crippen LogP contribution in [0, 0.1) is 5.41 Å². The van der Waals surface area contributed by atoms with E-state index in [4.69, 9.17) is 4.74 Å². The molecule has 0 saturated carbocycles. The van der Waals surface area contributed by atoms with Crippen molar-refractivity contribution in [2.45, 2.75) is 44.8 Å². The van der Waals surface area contributed by atoms with E-state index in [2.05, 4.69) is 14.5 Å². The van der Waals surface area contributed by atoms with Crippen LogP contribution in [0.4, 0.5) is 18.0 Å². The number of aliphatic carboxylic acids is 1. The zero-order valence-corrected chi connectivity index (χ0v) is 21.4. The standard InChI is InChI=1S/C25H25F3N2O7S/c1-23(2,3)15-24(21(31)32,30-22(33)36-14-16-7-5-4-6-8-16)18-10-11-19-17(13-18)9-12-20(29-19)37-38(34,35)25(26,27)28/h4-13H,14-15H2,1-3H3,(H,30,33)(H,31,32)/t24-/m1/s1. The Morgan fingerprint density at radius 2 is 1.66 bits per heavy atom. The fraction of sp³-hybridized carbons (Fsp3) is 0.320. The Balaban J connectivity index is 1.97. The number of alkyl halides is 3. The van der Waals surface area contributed by atoms with Crippen molar-refractivity contribution >= 4 is 33.1 Å². The van der Waals surface area contributed by atoms with E-state index in [0.29, 0.717) is 5.56 Å². The number of nitrogens with one attached hydrogen (secondary N) is 1. The SMILES string of the molecule is CC(C)(C)C[C@](NC(=O)OCc1ccccc1)(C(=O)O)c1ccc2nc(OS(=O)(=O)C(F)(F)F)ccc2c1. The van der Waals surface area contributed by atoms with Crippen LogP contribution in [0.3, 0.4) is 0 Å². The zero-order chi connectivity index (χ0) is 28.4. The van der Waals surface area contributed by atoms with Gasteiger partial charge in [0, 0.05) is 11.5 Å². The molecule has 1 amide bonds. The summed E-state index contributed by atoms with van der Waals surface area (Å²) < 4.78 is 69.8. The lowest BCUT2D eigenvalue weighted by Gasteiger charge is -2.36. The second-order valence-corrected chi connectivity index (χ2v) is 11.2. The number of fused-ring (bicyclic) bond motifs is 1. The number of hydrogen-bond donors (Lipinski definition) is 2. The Kier molecular flexibility index (Phi) is 7.91. The molecule has 38 heavy (non-hydrogen) atoms. The minimum atomic E-state index is -5.92. The van der Waals surface area contributed by atoms with Crippen LogP contribution in [-0.4, -0.2) is 36.1 Å². The van der Waals surface area contributed by atoms with E-state index in [1.54, 1.807) is 51.1 Å². The van der Waals surface area contributed by atoms with E-state index in [1.165, 1.54) is 24.3 Å². The number of carboxylic acid groups (broad SMARTS) is 1. The Bertz CT molecular complexity index is 1440. The van der Waals surface area contributed by atoms with Gasteiger partial charge in [-0.25, -0.2) is 14.6 Å². The summed E-state index contributed by atoms with van der Waals surface area (Å²) in [5, 5.41) is 13.1. The van der Waals surface area contributed by atoms with Gasteiger partial charge < -0.3 is 19.3 Å². The van der Waals surface area contributed by atoms with Gasteiger partial charge in [0.2, 0.25) is 5.88 Å². The van der Waals surface area contributed by atoms with Crippen molar-refractivity contribution in [1.82, 2.24) is 10.3 Å². The van der Waals surface area contributed by atoms with Crippen LogP contribution >= 0.6 is 0 Å². The molecule has 13 heteroatoms. The molecule has 0 aliphatic carbocycles. The van der Waals surface area contributed by atoms with Crippen LogP contribution in [-0.2, 0) is 31.8 Å². The van der Waals surface area contributed by atoms with E-state index in [-0.39, 0.29) is 29.5 Å². The normalized spacial score (nSPS) is 13.9. The van der Waals surface area contributed by atoms with Gasteiger partial charge in [0.1, 0.15) is 6.61 Å². The first-order chi connectivity index (χ1) is 17.5. The molecule has 0 fully saturated rings. The Labute approximate surface area is 216 Å². The summed E-state index contributed by atoms with van der Waals surface area (Å²) in [6, 6.07) is 14.9. The highest BCUT2D eigenvalue weighted by molar-refractivity contribution is 7.87. The number of benzene rings is 2. The van der Waals surface area contributed by atoms with Crippen molar-refractivity contribution in [3.8, 4) is 5.88 Å². The molecular formula is C25H25F3N2O7S. The maximum Gasteiger partial charge on any atom is 0.534 e. The highest BCUT2D eigenvalue weighted by Gasteiger charge is 2.49. The van der Waals surface area contributed by atoms with E-state index in [1.807, 2.05) is 0 Å². The summed E-state index contributed by atoms with van der Waals surface area (Å²) in [6.45, 7) is 5.27. The Hall–Kier alpha value is -3.87. The maximum atomic E-state index is 12.7. The number of carboxylic acids is 1. The van der Waals surface area contributed by atoms with Crippen molar-refractivity contribution in [3.05, 3.63) is 71.8 Å². The van der Waals surface area contributed by atoms with Crippen molar-refractivity contribution in [2.24, 2.45) is 5.41 Å². The van der Waals surface area contributed by atoms with Gasteiger partial charge in [0.15, 0.2) is 5.54 Å². The molecule has 0 spiro atoms. The van der Waals surface area contributed by atoms with Crippen molar-refractivity contribution < 1.29 is 45.2 Å². The van der Waals surface area contributed by atoms with Gasteiger partial charge in [-0.05, 0) is 41.2 Å². The number of carbonyl (C=O) groups is 2. The third-order valence-electron chi connectivity index (χ3n) is 5.32. The number of carbonyl (C=O) groups excluding carboxylic acids is 1. The van der Waals surface area contributed by atoms with Gasteiger partial charge in [-0.15, -0.1) is 0 Å². The zero-order valence-electron chi connectivity index (χ0n) is 20.6. The molecule has 1 atom stereocenters. The van der Waals surface area contributed by atoms with E-state index >= 15 is 0 Å². The lowest BCUT2D eigenvalue weighted by Crippen LogP contribution is -2.54. The topological polar surface area (TPSA) is 132 Å². The quantitative estimate of drug-likeness (QED) is 0.290. The number of nitrogens with zero attached hydrogens (tertiary/aromatic N) is 1. The van der Waals surface area contributed by atoms with Crippen molar-refractivity contribution in [3.63, 3.8) is 0 Å². The van der Waals surface area contributed by atoms with E-state index < -0.39 is 44.5 Å². The highest BCUT2D eigenvalue weighted by Crippen LogP contribution is 2.37. The third-order valence-corrected chi connectivity index (χ3v) is 6.28. The molecule has 3 rings (SSSR count). The number of hydrogen-bond acceptors (Lipinski definition) is 7. The number of alkyl carbamates (subject to hydrolysis) is 1. The minimum Gasteiger partial charge on any atom is -0.479 e. The molecule has 2 aromatic carbocycles. The molecule has 1 heterocycles. The summed E-state index contributed by atoms with van der Waals surface area (Å²) in [6.07, 6.45) is -1.03. The molecular weight excluding hydrogens is 529 g/mol. The van der Waals surface area contributed by atoms with Gasteiger partial charge in [-0.3, -0.25) is 0 Å². The van der Waals surface area contributed by atoms with Gasteiger partial charge in [-0.1, -0.05) is 57.2 Å². The second kappa shape index (κ2) is 10.5. The summed E-state index contributed by atoms with van der Waals surface area (Å²) in [7, 11) is -5.92. The van der Waals surface area contributed by atoms with Gasteiger partial charge >= 0.3 is 27.7 Å². The summed E-state index contributed by atoms with van der Waals surface area (Å²) in [4.78, 5) is 29.2. The number of halogens is 3. The minimum absolute atomic E-state index is 0.0327. The summed E-state index contributed by atoms with van der Waals surface area (Å²) in [5.74, 6) is -2.18. The molecule has 0 unspecified atom stereocenters. The molecule has 3 aromatic rings. The number of aromatic nitrogens is 1. The molecule has 2 N–H and O–H groups in total. The Morgan fingerprint density at radius 1 is 1.00 bits per heavy atom. The fourth-order valence-electron chi connectivity index (χ4n) is 3.78. The largest absolute Gasteiger partial charge is 0.534 e. The van der Waals surface area contributed by atoms with Crippen LogP contribution in [0.15, 0.2) is 60.7 Å². The summed E-state index contributed by atoms with van der Waals surface area (Å²) in [5.41, 5.74) is -7.31. The number of rotatable bonds is 8. The van der Waals surface area contributed by atoms with Gasteiger partial charge in [0.05, 0.1) is 5.52 Å². The predicted octanol–water partition coefficient (Wildman–Crippen LogP) is 5.11. The third kappa shape index (κ3) is 6.71. The Morgan fingerprint density at radius 3 is 2.24 bits per heavy atom. The highest BCUT2D eigenvalue weighted by atomic mass is 32.2. The average molecular weight is 555 g/mol. The molecule has 9 nitrogen and oxygen atoms in total. The lowest BCUT2D eigenvalue weighted by atomic mass is 9.75. The molecule has 1 aromatic heterocycles. The molecule has 204 valence electrons. The predicted molar refractivity (Wildman–Crippen MR) is 130 cm³/mol. The lowest BCUT2D eigenvalue weighted by molar-refractivity contribution is -0.146. The van der Waals surface area contributed by atoms with Crippen LogP contribution in [0.25, 0.3) is 10.9 Å². The van der Waals surface area contributed by atoms with Crippen LogP contribution < -0.4 is 9.50 Å². The number of ether oxygens (including phenoxy) is 1. The molecule has 0 saturated heterocycles. The smallest absolute Gasteiger partial charge is 0.479 e. The first kappa shape index (κ1) is 28.7. The molecule has 0 aliphatic heterocycles. The van der Waals surface area contributed by atoms with Crippen LogP contribution in [0.2, 0.25) is 0 Å². The monoisotopic (exact) mass is 554 g/mol. The van der Waals surface area contributed by atoms with Crippen LogP contribution in [0.5, 0.6) is 5.88 Å². The molecule has 0 aliphatic rings. The first-order valence-electron chi connectivity index (χ1n) is 11.2. The number of pyridine rings is 1. The first-order valence-corrected chi connectivity index (χ1v) is 12.6.